The number of anilines is 1. The van der Waals surface area contributed by atoms with Crippen LogP contribution in [0.25, 0.3) is 11.1 Å². The summed E-state index contributed by atoms with van der Waals surface area (Å²) < 4.78 is 0. The Kier molecular flexibility index (Phi) is 13.2. The fraction of sp³-hybridized carbons (Fsp3) is 0.227. The molecule has 0 saturated heterocycles. The lowest BCUT2D eigenvalue weighted by Crippen LogP contribution is -2.58. The van der Waals surface area contributed by atoms with Gasteiger partial charge in [-0.2, -0.15) is 0 Å². The Morgan fingerprint density at radius 2 is 1.28 bits per heavy atom. The minimum atomic E-state index is -1.49. The van der Waals surface area contributed by atoms with Crippen molar-refractivity contribution in [1.82, 2.24) is 20.9 Å². The number of carboxylic acids is 1. The topological polar surface area (TPSA) is 174 Å². The minimum absolute atomic E-state index is 0.0353. The highest BCUT2D eigenvalue weighted by Gasteiger charge is 2.36. The summed E-state index contributed by atoms with van der Waals surface area (Å²) in [6.45, 7) is 0. The number of amides is 5. The van der Waals surface area contributed by atoms with Crippen LogP contribution in [0.4, 0.5) is 5.69 Å². The smallest absolute Gasteiger partial charge is 0.330 e. The predicted molar refractivity (Wildman–Crippen MR) is 217 cm³/mol. The predicted octanol–water partition coefficient (Wildman–Crippen LogP) is 4.91. The van der Waals surface area contributed by atoms with Crippen LogP contribution >= 0.6 is 11.3 Å². The maximum Gasteiger partial charge on any atom is 0.330 e. The lowest BCUT2D eigenvalue weighted by Gasteiger charge is -2.32. The number of likely N-dealkylation sites (N-methyl/N-ethyl adjacent to an activating group) is 1. The third-order valence-electron chi connectivity index (χ3n) is 9.78. The first kappa shape index (κ1) is 40.1. The van der Waals surface area contributed by atoms with Gasteiger partial charge < -0.3 is 31.3 Å². The van der Waals surface area contributed by atoms with E-state index >= 15 is 0 Å². The molecule has 5 N–H and O–H groups in total. The summed E-state index contributed by atoms with van der Waals surface area (Å²) in [6.07, 6.45) is -0.205. The van der Waals surface area contributed by atoms with E-state index < -0.39 is 59.7 Å². The second-order valence-corrected chi connectivity index (χ2v) is 14.9. The summed E-state index contributed by atoms with van der Waals surface area (Å²) in [6, 6.07) is 31.0. The number of carboxylic acid groups (broad SMARTS) is 1. The Morgan fingerprint density at radius 3 is 1.93 bits per heavy atom. The third-order valence-corrected chi connectivity index (χ3v) is 10.7. The van der Waals surface area contributed by atoms with Gasteiger partial charge in [-0.1, -0.05) is 103 Å². The van der Waals surface area contributed by atoms with E-state index in [1.165, 1.54) is 47.5 Å². The van der Waals surface area contributed by atoms with E-state index in [1.807, 2.05) is 78.2 Å². The molecule has 2 bridgehead atoms. The SMILES string of the molecule is CN1C(=O)[C@H](Cc2ccc(-c3ccccc3)cc2)NC(=O)[C@@H](Cc2cccs2)NC(=O)CCC(=O)Nc2ccc(cc2)C(C(=O)O)NC(=O)[C@H]1Cc1ccccc1. The maximum atomic E-state index is 14.7. The van der Waals surface area contributed by atoms with Crippen LogP contribution in [0, 0.1) is 0 Å². The van der Waals surface area contributed by atoms with E-state index in [1.54, 1.807) is 24.3 Å². The molecule has 4 atom stereocenters. The molecule has 1 unspecified atom stereocenters. The first-order chi connectivity index (χ1) is 27.5. The van der Waals surface area contributed by atoms with Crippen molar-refractivity contribution in [3.63, 3.8) is 0 Å². The van der Waals surface area contributed by atoms with Crippen molar-refractivity contribution in [3.05, 3.63) is 148 Å². The summed E-state index contributed by atoms with van der Waals surface area (Å²) in [5.41, 5.74) is 3.99. The first-order valence-corrected chi connectivity index (χ1v) is 19.4. The first-order valence-electron chi connectivity index (χ1n) is 18.5. The molecular weight excluding hydrogens is 743 g/mol. The average molecular weight is 786 g/mol. The van der Waals surface area contributed by atoms with E-state index in [-0.39, 0.29) is 37.7 Å². The molecule has 2 aliphatic rings. The van der Waals surface area contributed by atoms with Gasteiger partial charge in [0.05, 0.1) is 0 Å². The Bertz CT molecular complexity index is 2180. The van der Waals surface area contributed by atoms with Crippen LogP contribution in [-0.2, 0) is 48.0 Å². The average Bonchev–Trinajstić information content (AvgIpc) is 3.74. The van der Waals surface area contributed by atoms with Gasteiger partial charge in [0, 0.05) is 49.7 Å². The highest BCUT2D eigenvalue weighted by atomic mass is 32.1. The quantitative estimate of drug-likeness (QED) is 0.139. The van der Waals surface area contributed by atoms with Gasteiger partial charge in [0.2, 0.25) is 29.5 Å². The van der Waals surface area contributed by atoms with Gasteiger partial charge in [0.25, 0.3) is 0 Å². The Balaban J connectivity index is 1.38. The molecule has 0 radical (unpaired) electrons. The molecule has 13 heteroatoms. The van der Waals surface area contributed by atoms with Crippen LogP contribution in [0.1, 0.15) is 40.5 Å². The van der Waals surface area contributed by atoms with E-state index in [0.29, 0.717) is 5.69 Å². The number of fused-ring (bicyclic) bond motifs is 17. The molecule has 0 aliphatic carbocycles. The number of carbonyl (C=O) groups is 6. The molecule has 4 aromatic carbocycles. The van der Waals surface area contributed by atoms with E-state index in [9.17, 15) is 33.9 Å². The van der Waals surface area contributed by atoms with Crippen molar-refractivity contribution in [2.45, 2.75) is 56.3 Å². The molecule has 292 valence electrons. The second kappa shape index (κ2) is 18.8. The summed E-state index contributed by atoms with van der Waals surface area (Å²) in [4.78, 5) is 83.9. The molecule has 0 spiro atoms. The number of nitrogens with one attached hydrogen (secondary N) is 4. The van der Waals surface area contributed by atoms with Gasteiger partial charge in [-0.05, 0) is 51.4 Å². The molecule has 5 amide bonds. The van der Waals surface area contributed by atoms with Crippen LogP contribution in [-0.4, -0.2) is 70.7 Å². The molecule has 1 aromatic heterocycles. The third kappa shape index (κ3) is 10.8. The van der Waals surface area contributed by atoms with Crippen LogP contribution in [0.3, 0.4) is 0 Å². The Labute approximate surface area is 334 Å². The van der Waals surface area contributed by atoms with Crippen LogP contribution in [0.15, 0.2) is 127 Å². The standard InChI is InChI=1S/C44H43N5O7S/c1-49-37(26-28-9-4-2-5-10-28)42(53)48-40(44(55)56)32-18-20-33(21-19-32)45-38(50)22-23-39(51)46-35(27-34-13-8-24-57-34)41(52)47-36(43(49)54)25-29-14-16-31(17-15-29)30-11-6-3-7-12-30/h2-21,24,35-37,40H,22-23,25-27H2,1H3,(H,45,50)(H,46,51)(H,47,52)(H,48,53)(H,55,56)/t35-,36+,37-,40?/m1/s1. The van der Waals surface area contributed by atoms with Crippen molar-refractivity contribution in [3.8, 4) is 11.1 Å². The fourth-order valence-corrected chi connectivity index (χ4v) is 7.41. The number of rotatable bonds is 8. The van der Waals surface area contributed by atoms with Crippen LogP contribution < -0.4 is 21.3 Å². The van der Waals surface area contributed by atoms with E-state index in [4.69, 9.17) is 0 Å². The van der Waals surface area contributed by atoms with Crippen molar-refractivity contribution in [2.75, 3.05) is 12.4 Å². The molecular formula is C44H43N5O7S. The lowest BCUT2D eigenvalue weighted by molar-refractivity contribution is -0.145. The van der Waals surface area contributed by atoms with E-state index in [0.717, 1.165) is 27.1 Å². The number of hydrogen-bond donors (Lipinski definition) is 5. The van der Waals surface area contributed by atoms with Crippen molar-refractivity contribution >= 4 is 52.5 Å². The minimum Gasteiger partial charge on any atom is -0.479 e. The normalized spacial score (nSPS) is 19.9. The number of aliphatic carboxylic acids is 1. The largest absolute Gasteiger partial charge is 0.479 e. The summed E-state index contributed by atoms with van der Waals surface area (Å²) in [5, 5.41) is 23.1. The van der Waals surface area contributed by atoms with E-state index in [2.05, 4.69) is 21.3 Å². The number of carbonyl (C=O) groups excluding carboxylic acids is 5. The maximum absolute atomic E-state index is 14.7. The van der Waals surface area contributed by atoms with Gasteiger partial charge >= 0.3 is 5.97 Å². The number of hydrogen-bond acceptors (Lipinski definition) is 7. The zero-order chi connectivity index (χ0) is 40.3. The lowest BCUT2D eigenvalue weighted by atomic mass is 9.98. The fourth-order valence-electron chi connectivity index (χ4n) is 6.66. The van der Waals surface area contributed by atoms with Gasteiger partial charge in [-0.25, -0.2) is 4.79 Å². The second-order valence-electron chi connectivity index (χ2n) is 13.8. The van der Waals surface area contributed by atoms with Gasteiger partial charge in [-0.15, -0.1) is 11.3 Å². The summed E-state index contributed by atoms with van der Waals surface area (Å²) in [5.74, 6) is -4.29. The van der Waals surface area contributed by atoms with Gasteiger partial charge in [0.15, 0.2) is 6.04 Å². The number of thiophene rings is 1. The Hall–Kier alpha value is -6.60. The monoisotopic (exact) mass is 785 g/mol. The van der Waals surface area contributed by atoms with Crippen LogP contribution in [0.5, 0.6) is 0 Å². The highest BCUT2D eigenvalue weighted by molar-refractivity contribution is 7.09. The highest BCUT2D eigenvalue weighted by Crippen LogP contribution is 2.22. The van der Waals surface area contributed by atoms with Gasteiger partial charge in [0.1, 0.15) is 18.1 Å². The zero-order valence-corrected chi connectivity index (χ0v) is 32.0. The molecule has 0 fully saturated rings. The van der Waals surface area contributed by atoms with Crippen molar-refractivity contribution < 1.29 is 33.9 Å². The molecule has 12 nitrogen and oxygen atoms in total. The Morgan fingerprint density at radius 1 is 0.649 bits per heavy atom. The molecule has 2 aliphatic heterocycles. The summed E-state index contributed by atoms with van der Waals surface area (Å²) >= 11 is 1.41. The molecule has 5 aromatic rings. The molecule has 57 heavy (non-hydrogen) atoms. The van der Waals surface area contributed by atoms with Crippen molar-refractivity contribution in [2.24, 2.45) is 0 Å². The number of nitrogens with zero attached hydrogens (tertiary/aromatic N) is 1. The summed E-state index contributed by atoms with van der Waals surface area (Å²) in [7, 11) is 1.46. The number of benzene rings is 4. The molecule has 0 saturated carbocycles. The van der Waals surface area contributed by atoms with Gasteiger partial charge in [-0.3, -0.25) is 24.0 Å². The zero-order valence-electron chi connectivity index (χ0n) is 31.2. The van der Waals surface area contributed by atoms with Crippen molar-refractivity contribution in [1.29, 1.82) is 0 Å². The molecule has 3 heterocycles. The molecule has 7 rings (SSSR count). The van der Waals surface area contributed by atoms with Crippen LogP contribution in [0.2, 0.25) is 0 Å².